The number of aromatic nitrogens is 3. The number of nitrogens with one attached hydrogen (secondary N) is 2. The Kier molecular flexibility index (Phi) is 6.29. The minimum Gasteiger partial charge on any atom is -0.387 e. The van der Waals surface area contributed by atoms with Gasteiger partial charge in [-0.3, -0.25) is 15.0 Å². The highest BCUT2D eigenvalue weighted by Crippen LogP contribution is 2.23. The summed E-state index contributed by atoms with van der Waals surface area (Å²) >= 11 is 0. The maximum atomic E-state index is 12.1. The summed E-state index contributed by atoms with van der Waals surface area (Å²) in [6.45, 7) is 7.05. The monoisotopic (exact) mass is 393 g/mol. The standard InChI is InChI=1S/C22H27N5O2/c1-22(2,3)17-9-7-16(8-10-17)19(28)14-24-21(29)25-20-11-13-27(26-20)15-18-6-4-5-12-23-18/h4-13,19,28H,14-15H2,1-3H3,(H2,24,25,26,29)/t19-/m1/s1. The van der Waals surface area contributed by atoms with Gasteiger partial charge in [0, 0.05) is 25.0 Å². The first-order valence-electron chi connectivity index (χ1n) is 9.58. The predicted octanol–water partition coefficient (Wildman–Crippen LogP) is 3.48. The Morgan fingerprint density at radius 2 is 1.90 bits per heavy atom. The third kappa shape index (κ3) is 5.89. The lowest BCUT2D eigenvalue weighted by atomic mass is 9.86. The summed E-state index contributed by atoms with van der Waals surface area (Å²) in [6.07, 6.45) is 2.72. The number of anilines is 1. The number of amides is 2. The van der Waals surface area contributed by atoms with Crippen LogP contribution in [0.5, 0.6) is 0 Å². The molecule has 0 saturated heterocycles. The molecular formula is C22H27N5O2. The summed E-state index contributed by atoms with van der Waals surface area (Å²) in [6, 6.07) is 14.8. The molecule has 1 atom stereocenters. The fourth-order valence-electron chi connectivity index (χ4n) is 2.85. The highest BCUT2D eigenvalue weighted by molar-refractivity contribution is 5.88. The van der Waals surface area contributed by atoms with Gasteiger partial charge in [0.05, 0.1) is 18.3 Å². The molecule has 0 bridgehead atoms. The van der Waals surface area contributed by atoms with Crippen LogP contribution in [0.2, 0.25) is 0 Å². The van der Waals surface area contributed by atoms with E-state index in [4.69, 9.17) is 0 Å². The van der Waals surface area contributed by atoms with E-state index in [0.29, 0.717) is 12.4 Å². The Morgan fingerprint density at radius 1 is 1.14 bits per heavy atom. The quantitative estimate of drug-likeness (QED) is 0.598. The molecule has 3 aromatic rings. The summed E-state index contributed by atoms with van der Waals surface area (Å²) in [5.41, 5.74) is 2.90. The number of benzene rings is 1. The Balaban J connectivity index is 1.48. The number of hydrogen-bond donors (Lipinski definition) is 3. The molecular weight excluding hydrogens is 366 g/mol. The molecule has 2 amide bonds. The third-order valence-corrected chi connectivity index (χ3v) is 4.55. The van der Waals surface area contributed by atoms with Gasteiger partial charge < -0.3 is 10.4 Å². The van der Waals surface area contributed by atoms with Crippen molar-refractivity contribution in [2.75, 3.05) is 11.9 Å². The van der Waals surface area contributed by atoms with E-state index in [2.05, 4.69) is 41.5 Å². The van der Waals surface area contributed by atoms with Crippen molar-refractivity contribution in [2.24, 2.45) is 0 Å². The van der Waals surface area contributed by atoms with Gasteiger partial charge in [0.15, 0.2) is 5.82 Å². The van der Waals surface area contributed by atoms with Crippen molar-refractivity contribution >= 4 is 11.8 Å². The number of carbonyl (C=O) groups excluding carboxylic acids is 1. The van der Waals surface area contributed by atoms with Crippen LogP contribution >= 0.6 is 0 Å². The van der Waals surface area contributed by atoms with Crippen LogP contribution in [0, 0.1) is 0 Å². The molecule has 0 saturated carbocycles. The summed E-state index contributed by atoms with van der Waals surface area (Å²) in [5.74, 6) is 0.433. The molecule has 3 N–H and O–H groups in total. The van der Waals surface area contributed by atoms with Crippen molar-refractivity contribution < 1.29 is 9.90 Å². The zero-order valence-corrected chi connectivity index (χ0v) is 17.0. The lowest BCUT2D eigenvalue weighted by molar-refractivity contribution is 0.175. The van der Waals surface area contributed by atoms with E-state index < -0.39 is 12.1 Å². The Labute approximate surface area is 170 Å². The van der Waals surface area contributed by atoms with Gasteiger partial charge in [-0.05, 0) is 28.7 Å². The molecule has 29 heavy (non-hydrogen) atoms. The van der Waals surface area contributed by atoms with Gasteiger partial charge in [0.25, 0.3) is 0 Å². The number of rotatable bonds is 6. The fourth-order valence-corrected chi connectivity index (χ4v) is 2.85. The lowest BCUT2D eigenvalue weighted by Gasteiger charge is -2.20. The average molecular weight is 393 g/mol. The van der Waals surface area contributed by atoms with Crippen molar-refractivity contribution in [3.05, 3.63) is 77.7 Å². The van der Waals surface area contributed by atoms with Gasteiger partial charge in [-0.15, -0.1) is 0 Å². The molecule has 2 heterocycles. The molecule has 0 fully saturated rings. The minimum absolute atomic E-state index is 0.0571. The van der Waals surface area contributed by atoms with Gasteiger partial charge in [0.2, 0.25) is 0 Å². The summed E-state index contributed by atoms with van der Waals surface area (Å²) in [7, 11) is 0. The summed E-state index contributed by atoms with van der Waals surface area (Å²) in [5, 5.41) is 20.0. The Bertz CT molecular complexity index is 930. The van der Waals surface area contributed by atoms with Crippen molar-refractivity contribution in [2.45, 2.75) is 38.8 Å². The van der Waals surface area contributed by atoms with E-state index in [1.54, 1.807) is 23.1 Å². The molecule has 0 radical (unpaired) electrons. The zero-order valence-electron chi connectivity index (χ0n) is 17.0. The molecule has 0 aliphatic heterocycles. The van der Waals surface area contributed by atoms with E-state index in [9.17, 15) is 9.90 Å². The highest BCUT2D eigenvalue weighted by atomic mass is 16.3. The molecule has 1 aromatic carbocycles. The SMILES string of the molecule is CC(C)(C)c1ccc([C@H](O)CNC(=O)Nc2ccn(Cc3ccccn3)n2)cc1. The molecule has 2 aromatic heterocycles. The number of aliphatic hydroxyl groups excluding tert-OH is 1. The van der Waals surface area contributed by atoms with Crippen LogP contribution < -0.4 is 10.6 Å². The first-order valence-corrected chi connectivity index (χ1v) is 9.58. The minimum atomic E-state index is -0.781. The van der Waals surface area contributed by atoms with Crippen LogP contribution in [0.1, 0.15) is 43.7 Å². The summed E-state index contributed by atoms with van der Waals surface area (Å²) < 4.78 is 1.70. The molecule has 0 unspecified atom stereocenters. The largest absolute Gasteiger partial charge is 0.387 e. The van der Waals surface area contributed by atoms with E-state index >= 15 is 0 Å². The second-order valence-corrected chi connectivity index (χ2v) is 7.94. The molecule has 7 nitrogen and oxygen atoms in total. The van der Waals surface area contributed by atoms with E-state index in [1.807, 2.05) is 42.5 Å². The van der Waals surface area contributed by atoms with Gasteiger partial charge in [-0.25, -0.2) is 4.79 Å². The van der Waals surface area contributed by atoms with Crippen LogP contribution in [0.15, 0.2) is 60.9 Å². The lowest BCUT2D eigenvalue weighted by Crippen LogP contribution is -2.32. The second kappa shape index (κ2) is 8.87. The molecule has 0 spiro atoms. The number of nitrogens with zero attached hydrogens (tertiary/aromatic N) is 3. The van der Waals surface area contributed by atoms with Crippen molar-refractivity contribution in [3.8, 4) is 0 Å². The number of hydrogen-bond acceptors (Lipinski definition) is 4. The maximum absolute atomic E-state index is 12.1. The molecule has 7 heteroatoms. The molecule has 0 aliphatic rings. The van der Waals surface area contributed by atoms with Gasteiger partial charge in [-0.2, -0.15) is 5.10 Å². The highest BCUT2D eigenvalue weighted by Gasteiger charge is 2.15. The number of aliphatic hydroxyl groups is 1. The first kappa shape index (κ1) is 20.5. The van der Waals surface area contributed by atoms with Gasteiger partial charge >= 0.3 is 6.03 Å². The maximum Gasteiger partial charge on any atom is 0.320 e. The van der Waals surface area contributed by atoms with Crippen molar-refractivity contribution in [1.29, 1.82) is 0 Å². The van der Waals surface area contributed by atoms with Crippen molar-refractivity contribution in [3.63, 3.8) is 0 Å². The van der Waals surface area contributed by atoms with Crippen LogP contribution in [0.3, 0.4) is 0 Å². The normalized spacial score (nSPS) is 12.4. The van der Waals surface area contributed by atoms with Gasteiger partial charge in [-0.1, -0.05) is 51.1 Å². The van der Waals surface area contributed by atoms with E-state index in [1.165, 1.54) is 5.56 Å². The number of urea groups is 1. The second-order valence-electron chi connectivity index (χ2n) is 7.94. The topological polar surface area (TPSA) is 92.1 Å². The Hall–Kier alpha value is -3.19. The number of carbonyl (C=O) groups is 1. The Morgan fingerprint density at radius 3 is 2.55 bits per heavy atom. The van der Waals surface area contributed by atoms with Gasteiger partial charge in [0.1, 0.15) is 0 Å². The molecule has 3 rings (SSSR count). The number of pyridine rings is 1. The van der Waals surface area contributed by atoms with Crippen LogP contribution in [0.25, 0.3) is 0 Å². The van der Waals surface area contributed by atoms with Crippen LogP contribution in [-0.2, 0) is 12.0 Å². The zero-order chi connectivity index (χ0) is 20.9. The average Bonchev–Trinajstić information content (AvgIpc) is 3.13. The fraction of sp³-hybridized carbons (Fsp3) is 0.318. The van der Waals surface area contributed by atoms with E-state index in [0.717, 1.165) is 11.3 Å². The van der Waals surface area contributed by atoms with Crippen molar-refractivity contribution in [1.82, 2.24) is 20.1 Å². The predicted molar refractivity (Wildman–Crippen MR) is 113 cm³/mol. The van der Waals surface area contributed by atoms with Crippen LogP contribution in [-0.4, -0.2) is 32.4 Å². The molecule has 152 valence electrons. The first-order chi connectivity index (χ1) is 13.8. The van der Waals surface area contributed by atoms with E-state index in [-0.39, 0.29) is 12.0 Å². The molecule has 0 aliphatic carbocycles. The smallest absolute Gasteiger partial charge is 0.320 e. The third-order valence-electron chi connectivity index (χ3n) is 4.55. The van der Waals surface area contributed by atoms with Crippen LogP contribution in [0.4, 0.5) is 10.6 Å². The summed E-state index contributed by atoms with van der Waals surface area (Å²) in [4.78, 5) is 16.4.